The van der Waals surface area contributed by atoms with Crippen LogP contribution in [0.4, 0.5) is 5.13 Å². The number of aromatic nitrogens is 1. The van der Waals surface area contributed by atoms with Gasteiger partial charge in [0.15, 0.2) is 11.7 Å². The van der Waals surface area contributed by atoms with E-state index in [2.05, 4.69) is 22.4 Å². The SMILES string of the molecule is Cc1cc(C)c2nc(NC(=O)COc3ccc(Cl)c(C)c3)sc2c1. The van der Waals surface area contributed by atoms with Crippen molar-refractivity contribution in [2.24, 2.45) is 0 Å². The number of amides is 1. The zero-order valence-corrected chi connectivity index (χ0v) is 15.2. The summed E-state index contributed by atoms with van der Waals surface area (Å²) in [4.78, 5) is 16.6. The highest BCUT2D eigenvalue weighted by Gasteiger charge is 2.10. The maximum absolute atomic E-state index is 12.1. The fraction of sp³-hybridized carbons (Fsp3) is 0.222. The monoisotopic (exact) mass is 360 g/mol. The third kappa shape index (κ3) is 3.68. The molecule has 0 unspecified atom stereocenters. The fourth-order valence-corrected chi connectivity index (χ4v) is 3.61. The Morgan fingerprint density at radius 1 is 1.21 bits per heavy atom. The number of rotatable bonds is 4. The molecule has 0 saturated carbocycles. The molecule has 124 valence electrons. The van der Waals surface area contributed by atoms with Gasteiger partial charge in [0.05, 0.1) is 10.2 Å². The first-order valence-corrected chi connectivity index (χ1v) is 8.68. The zero-order valence-electron chi connectivity index (χ0n) is 13.6. The Labute approximate surface area is 149 Å². The number of fused-ring (bicyclic) bond motifs is 1. The molecule has 0 spiro atoms. The van der Waals surface area contributed by atoms with Gasteiger partial charge < -0.3 is 4.74 Å². The maximum atomic E-state index is 12.1. The van der Waals surface area contributed by atoms with Gasteiger partial charge in [0.25, 0.3) is 5.91 Å². The Kier molecular flexibility index (Phi) is 4.73. The van der Waals surface area contributed by atoms with E-state index in [9.17, 15) is 4.79 Å². The van der Waals surface area contributed by atoms with Crippen LogP contribution in [-0.4, -0.2) is 17.5 Å². The van der Waals surface area contributed by atoms with Crippen LogP contribution in [0.3, 0.4) is 0 Å². The Morgan fingerprint density at radius 2 is 2.00 bits per heavy atom. The third-order valence-electron chi connectivity index (χ3n) is 3.58. The Hall–Kier alpha value is -2.11. The lowest BCUT2D eigenvalue weighted by Gasteiger charge is -2.07. The highest BCUT2D eigenvalue weighted by Crippen LogP contribution is 2.29. The minimum atomic E-state index is -0.240. The van der Waals surface area contributed by atoms with Crippen molar-refractivity contribution >= 4 is 44.2 Å². The Balaban J connectivity index is 1.66. The molecule has 6 heteroatoms. The van der Waals surface area contributed by atoms with Crippen molar-refractivity contribution in [2.45, 2.75) is 20.8 Å². The minimum absolute atomic E-state index is 0.0744. The van der Waals surface area contributed by atoms with Gasteiger partial charge in [-0.25, -0.2) is 4.98 Å². The lowest BCUT2D eigenvalue weighted by molar-refractivity contribution is -0.118. The molecule has 0 fully saturated rings. The Bertz CT molecular complexity index is 921. The second-order valence-corrected chi connectivity index (χ2v) is 7.13. The van der Waals surface area contributed by atoms with Crippen LogP contribution in [0.2, 0.25) is 5.02 Å². The number of ether oxygens (including phenoxy) is 1. The van der Waals surface area contributed by atoms with Crippen molar-refractivity contribution in [1.82, 2.24) is 4.98 Å². The molecule has 1 N–H and O–H groups in total. The van der Waals surface area contributed by atoms with Gasteiger partial charge in [-0.05, 0) is 61.7 Å². The third-order valence-corrected chi connectivity index (χ3v) is 4.92. The number of benzene rings is 2. The average molecular weight is 361 g/mol. The molecule has 3 rings (SSSR count). The summed E-state index contributed by atoms with van der Waals surface area (Å²) >= 11 is 7.44. The lowest BCUT2D eigenvalue weighted by Crippen LogP contribution is -2.20. The van der Waals surface area contributed by atoms with Gasteiger partial charge in [-0.1, -0.05) is 29.0 Å². The fourth-order valence-electron chi connectivity index (χ4n) is 2.44. The largest absolute Gasteiger partial charge is 0.484 e. The summed E-state index contributed by atoms with van der Waals surface area (Å²) in [5.41, 5.74) is 4.12. The van der Waals surface area contributed by atoms with E-state index in [1.807, 2.05) is 20.8 Å². The van der Waals surface area contributed by atoms with E-state index in [4.69, 9.17) is 16.3 Å². The number of nitrogens with zero attached hydrogens (tertiary/aromatic N) is 1. The van der Waals surface area contributed by atoms with Gasteiger partial charge >= 0.3 is 0 Å². The molecule has 3 aromatic rings. The topological polar surface area (TPSA) is 51.2 Å². The van der Waals surface area contributed by atoms with Crippen LogP contribution in [0, 0.1) is 20.8 Å². The minimum Gasteiger partial charge on any atom is -0.484 e. The van der Waals surface area contributed by atoms with E-state index in [1.54, 1.807) is 18.2 Å². The van der Waals surface area contributed by atoms with E-state index in [0.29, 0.717) is 15.9 Å². The van der Waals surface area contributed by atoms with E-state index in [0.717, 1.165) is 21.3 Å². The second kappa shape index (κ2) is 6.79. The second-order valence-electron chi connectivity index (χ2n) is 5.70. The molecule has 0 atom stereocenters. The van der Waals surface area contributed by atoms with Gasteiger partial charge in [0.1, 0.15) is 5.75 Å². The quantitative estimate of drug-likeness (QED) is 0.720. The van der Waals surface area contributed by atoms with Crippen molar-refractivity contribution in [1.29, 1.82) is 0 Å². The van der Waals surface area contributed by atoms with E-state index in [-0.39, 0.29) is 12.5 Å². The molecule has 0 bridgehead atoms. The smallest absolute Gasteiger partial charge is 0.264 e. The summed E-state index contributed by atoms with van der Waals surface area (Å²) in [7, 11) is 0. The number of hydrogen-bond acceptors (Lipinski definition) is 4. The van der Waals surface area contributed by atoms with Gasteiger partial charge in [0, 0.05) is 5.02 Å². The van der Waals surface area contributed by atoms with Crippen LogP contribution in [0.5, 0.6) is 5.75 Å². The lowest BCUT2D eigenvalue weighted by atomic mass is 10.1. The van der Waals surface area contributed by atoms with Crippen molar-refractivity contribution in [2.75, 3.05) is 11.9 Å². The van der Waals surface area contributed by atoms with E-state index >= 15 is 0 Å². The zero-order chi connectivity index (χ0) is 17.3. The number of anilines is 1. The molecule has 1 heterocycles. The molecule has 4 nitrogen and oxygen atoms in total. The van der Waals surface area contributed by atoms with Crippen LogP contribution in [0.25, 0.3) is 10.2 Å². The first-order valence-electron chi connectivity index (χ1n) is 7.49. The van der Waals surface area contributed by atoms with Gasteiger partial charge in [-0.2, -0.15) is 0 Å². The van der Waals surface area contributed by atoms with Crippen molar-refractivity contribution in [3.63, 3.8) is 0 Å². The number of aryl methyl sites for hydroxylation is 3. The first kappa shape index (κ1) is 16.7. The molecule has 0 aliphatic heterocycles. The molecule has 0 aliphatic rings. The van der Waals surface area contributed by atoms with Gasteiger partial charge in [0.2, 0.25) is 0 Å². The van der Waals surface area contributed by atoms with Crippen LogP contribution in [0.15, 0.2) is 30.3 Å². The number of thiazole rings is 1. The number of carbonyl (C=O) groups excluding carboxylic acids is 1. The normalized spacial score (nSPS) is 10.8. The molecule has 1 aromatic heterocycles. The number of halogens is 1. The number of hydrogen-bond donors (Lipinski definition) is 1. The van der Waals surface area contributed by atoms with Crippen LogP contribution >= 0.6 is 22.9 Å². The molecular formula is C18H17ClN2O2S. The Morgan fingerprint density at radius 3 is 2.75 bits per heavy atom. The highest BCUT2D eigenvalue weighted by molar-refractivity contribution is 7.22. The van der Waals surface area contributed by atoms with Crippen LogP contribution in [-0.2, 0) is 4.79 Å². The molecule has 0 radical (unpaired) electrons. The van der Waals surface area contributed by atoms with Crippen molar-refractivity contribution < 1.29 is 9.53 Å². The number of carbonyl (C=O) groups is 1. The predicted molar refractivity (Wildman–Crippen MR) is 99.4 cm³/mol. The predicted octanol–water partition coefficient (Wildman–Crippen LogP) is 4.89. The van der Waals surface area contributed by atoms with E-state index < -0.39 is 0 Å². The summed E-state index contributed by atoms with van der Waals surface area (Å²) in [5.74, 6) is 0.374. The summed E-state index contributed by atoms with van der Waals surface area (Å²) in [5, 5.41) is 4.05. The molecule has 0 saturated heterocycles. The molecule has 24 heavy (non-hydrogen) atoms. The van der Waals surface area contributed by atoms with Gasteiger partial charge in [-0.15, -0.1) is 0 Å². The first-order chi connectivity index (χ1) is 11.4. The standard InChI is InChI=1S/C18H17ClN2O2S/c1-10-6-12(3)17-15(7-10)24-18(21-17)20-16(22)9-23-13-4-5-14(19)11(2)8-13/h4-8H,9H2,1-3H3,(H,20,21,22). The van der Waals surface area contributed by atoms with E-state index in [1.165, 1.54) is 16.9 Å². The van der Waals surface area contributed by atoms with Gasteiger partial charge in [-0.3, -0.25) is 10.1 Å². The van der Waals surface area contributed by atoms with Crippen LogP contribution < -0.4 is 10.1 Å². The maximum Gasteiger partial charge on any atom is 0.264 e. The molecule has 2 aromatic carbocycles. The van der Waals surface area contributed by atoms with Crippen LogP contribution in [0.1, 0.15) is 16.7 Å². The highest BCUT2D eigenvalue weighted by atomic mass is 35.5. The molecule has 1 amide bonds. The van der Waals surface area contributed by atoms with Crippen molar-refractivity contribution in [3.05, 3.63) is 52.0 Å². The molecular weight excluding hydrogens is 344 g/mol. The molecule has 0 aliphatic carbocycles. The summed E-state index contributed by atoms with van der Waals surface area (Å²) < 4.78 is 6.57. The summed E-state index contributed by atoms with van der Waals surface area (Å²) in [6, 6.07) is 9.46. The van der Waals surface area contributed by atoms with Crippen molar-refractivity contribution in [3.8, 4) is 5.75 Å². The summed E-state index contributed by atoms with van der Waals surface area (Å²) in [6.45, 7) is 5.88. The average Bonchev–Trinajstić information content (AvgIpc) is 2.91. The summed E-state index contributed by atoms with van der Waals surface area (Å²) in [6.07, 6.45) is 0. The number of nitrogens with one attached hydrogen (secondary N) is 1.